The lowest BCUT2D eigenvalue weighted by Crippen LogP contribution is -2.35. The van der Waals surface area contributed by atoms with Crippen LogP contribution in [0.5, 0.6) is 0 Å². The van der Waals surface area contributed by atoms with E-state index >= 15 is 0 Å². The van der Waals surface area contributed by atoms with Gasteiger partial charge in [0.25, 0.3) is 0 Å². The molecule has 1 aromatic carbocycles. The van der Waals surface area contributed by atoms with E-state index in [-0.39, 0.29) is 5.91 Å². The van der Waals surface area contributed by atoms with Crippen LogP contribution in [0, 0.1) is 11.3 Å². The Bertz CT molecular complexity index is 503. The number of benzene rings is 1. The predicted molar refractivity (Wildman–Crippen MR) is 62.7 cm³/mol. The number of amides is 1. The first-order chi connectivity index (χ1) is 8.26. The molecule has 1 heterocycles. The zero-order valence-electron chi connectivity index (χ0n) is 9.35. The van der Waals surface area contributed by atoms with Crippen molar-refractivity contribution in [2.75, 3.05) is 11.4 Å². The molecule has 0 unspecified atom stereocenters. The first kappa shape index (κ1) is 11.3. The number of aldehydes is 1. The average Bonchev–Trinajstić information content (AvgIpc) is 2.38. The van der Waals surface area contributed by atoms with Crippen LogP contribution in [0.25, 0.3) is 0 Å². The van der Waals surface area contributed by atoms with Crippen LogP contribution >= 0.6 is 0 Å². The molecule has 1 amide bonds. The molecule has 2 rings (SSSR count). The molecule has 0 aromatic heterocycles. The maximum absolute atomic E-state index is 11.8. The summed E-state index contributed by atoms with van der Waals surface area (Å²) in [5, 5.41) is 8.76. The van der Waals surface area contributed by atoms with Crippen LogP contribution in [0.4, 0.5) is 5.69 Å². The Balaban J connectivity index is 2.41. The highest BCUT2D eigenvalue weighted by molar-refractivity contribution is 5.99. The average molecular weight is 228 g/mol. The molecule has 0 spiro atoms. The summed E-state index contributed by atoms with van der Waals surface area (Å²) in [6, 6.07) is 6.80. The number of nitriles is 1. The van der Waals surface area contributed by atoms with Gasteiger partial charge in [-0.3, -0.25) is 9.59 Å². The van der Waals surface area contributed by atoms with E-state index in [9.17, 15) is 9.59 Å². The molecule has 1 aromatic rings. The molecule has 0 aliphatic carbocycles. The molecule has 17 heavy (non-hydrogen) atoms. The van der Waals surface area contributed by atoms with Crippen molar-refractivity contribution >= 4 is 17.9 Å². The van der Waals surface area contributed by atoms with Crippen molar-refractivity contribution in [1.29, 1.82) is 5.26 Å². The number of hydrogen-bond acceptors (Lipinski definition) is 3. The second-order valence-corrected chi connectivity index (χ2v) is 4.01. The van der Waals surface area contributed by atoms with Gasteiger partial charge in [-0.05, 0) is 31.0 Å². The molecule has 1 saturated heterocycles. The van der Waals surface area contributed by atoms with Crippen molar-refractivity contribution in [2.45, 2.75) is 19.3 Å². The van der Waals surface area contributed by atoms with E-state index in [1.165, 1.54) is 6.07 Å². The van der Waals surface area contributed by atoms with Crippen molar-refractivity contribution in [1.82, 2.24) is 0 Å². The second kappa shape index (κ2) is 4.79. The molecular weight excluding hydrogens is 216 g/mol. The summed E-state index contributed by atoms with van der Waals surface area (Å²) >= 11 is 0. The molecule has 4 heteroatoms. The van der Waals surface area contributed by atoms with Crippen molar-refractivity contribution < 1.29 is 9.59 Å². The van der Waals surface area contributed by atoms with E-state index in [1.807, 2.05) is 6.07 Å². The van der Waals surface area contributed by atoms with Crippen LogP contribution < -0.4 is 4.90 Å². The van der Waals surface area contributed by atoms with E-state index in [4.69, 9.17) is 5.26 Å². The van der Waals surface area contributed by atoms with Crippen LogP contribution in [0.15, 0.2) is 18.2 Å². The van der Waals surface area contributed by atoms with Crippen LogP contribution in [0.2, 0.25) is 0 Å². The number of hydrogen-bond donors (Lipinski definition) is 0. The Morgan fingerprint density at radius 1 is 1.35 bits per heavy atom. The van der Waals surface area contributed by atoms with E-state index < -0.39 is 0 Å². The van der Waals surface area contributed by atoms with Gasteiger partial charge in [-0.2, -0.15) is 5.26 Å². The Kier molecular flexibility index (Phi) is 3.20. The molecule has 0 bridgehead atoms. The topological polar surface area (TPSA) is 61.2 Å². The molecule has 1 fully saturated rings. The molecule has 0 atom stereocenters. The van der Waals surface area contributed by atoms with Crippen molar-refractivity contribution in [2.24, 2.45) is 0 Å². The highest BCUT2D eigenvalue weighted by atomic mass is 16.2. The van der Waals surface area contributed by atoms with Gasteiger partial charge < -0.3 is 4.90 Å². The third-order valence-corrected chi connectivity index (χ3v) is 2.90. The summed E-state index contributed by atoms with van der Waals surface area (Å²) in [6.45, 7) is 0.644. The summed E-state index contributed by atoms with van der Waals surface area (Å²) in [5.74, 6) is 0.0454. The highest BCUT2D eigenvalue weighted by Gasteiger charge is 2.21. The zero-order chi connectivity index (χ0) is 12.3. The lowest BCUT2D eigenvalue weighted by molar-refractivity contribution is -0.119. The molecule has 0 N–H and O–H groups in total. The van der Waals surface area contributed by atoms with Gasteiger partial charge in [-0.1, -0.05) is 0 Å². The normalized spacial score (nSPS) is 15.5. The van der Waals surface area contributed by atoms with Crippen molar-refractivity contribution in [3.63, 3.8) is 0 Å². The number of rotatable bonds is 2. The van der Waals surface area contributed by atoms with E-state index in [1.54, 1.807) is 17.0 Å². The summed E-state index contributed by atoms with van der Waals surface area (Å²) in [5.41, 5.74) is 1.45. The van der Waals surface area contributed by atoms with Crippen molar-refractivity contribution in [3.8, 4) is 6.07 Å². The molecule has 0 radical (unpaired) electrons. The van der Waals surface area contributed by atoms with E-state index in [2.05, 4.69) is 0 Å². The van der Waals surface area contributed by atoms with Gasteiger partial charge >= 0.3 is 0 Å². The van der Waals surface area contributed by atoms with Gasteiger partial charge in [0.15, 0.2) is 6.29 Å². The Morgan fingerprint density at radius 2 is 2.18 bits per heavy atom. The molecule has 0 saturated carbocycles. The lowest BCUT2D eigenvalue weighted by Gasteiger charge is -2.27. The first-order valence-electron chi connectivity index (χ1n) is 5.56. The number of carbonyl (C=O) groups excluding carboxylic acids is 2. The Hall–Kier alpha value is -2.15. The van der Waals surface area contributed by atoms with Gasteiger partial charge in [0.2, 0.25) is 5.91 Å². The molecular formula is C13H12N2O2. The largest absolute Gasteiger partial charge is 0.312 e. The van der Waals surface area contributed by atoms with Gasteiger partial charge in [0.05, 0.1) is 17.3 Å². The summed E-state index contributed by atoms with van der Waals surface area (Å²) in [4.78, 5) is 24.4. The van der Waals surface area contributed by atoms with Crippen LogP contribution in [0.3, 0.4) is 0 Å². The van der Waals surface area contributed by atoms with Gasteiger partial charge in [0, 0.05) is 18.5 Å². The number of carbonyl (C=O) groups is 2. The lowest BCUT2D eigenvalue weighted by atomic mass is 10.1. The maximum atomic E-state index is 11.8. The van der Waals surface area contributed by atoms with E-state index in [0.29, 0.717) is 36.1 Å². The SMILES string of the molecule is N#Cc1ccc(N2CCCCC2=O)c(C=O)c1. The van der Waals surface area contributed by atoms with Crippen molar-refractivity contribution in [3.05, 3.63) is 29.3 Å². The van der Waals surface area contributed by atoms with Gasteiger partial charge in [-0.25, -0.2) is 0 Å². The summed E-state index contributed by atoms with van der Waals surface area (Å²) in [7, 11) is 0. The minimum absolute atomic E-state index is 0.0454. The zero-order valence-corrected chi connectivity index (χ0v) is 9.35. The quantitative estimate of drug-likeness (QED) is 0.726. The molecule has 86 valence electrons. The smallest absolute Gasteiger partial charge is 0.226 e. The monoisotopic (exact) mass is 228 g/mol. The fourth-order valence-corrected chi connectivity index (χ4v) is 2.02. The summed E-state index contributed by atoms with van der Waals surface area (Å²) < 4.78 is 0. The van der Waals surface area contributed by atoms with Crippen LogP contribution in [-0.2, 0) is 4.79 Å². The Labute approximate surface area is 99.5 Å². The predicted octanol–water partition coefficient (Wildman–Crippen LogP) is 1.89. The Morgan fingerprint density at radius 3 is 2.82 bits per heavy atom. The minimum atomic E-state index is 0.0454. The third-order valence-electron chi connectivity index (χ3n) is 2.90. The summed E-state index contributed by atoms with van der Waals surface area (Å²) in [6.07, 6.45) is 3.07. The fourth-order valence-electron chi connectivity index (χ4n) is 2.02. The molecule has 1 aliphatic heterocycles. The van der Waals surface area contributed by atoms with Gasteiger partial charge in [-0.15, -0.1) is 0 Å². The number of piperidine rings is 1. The minimum Gasteiger partial charge on any atom is -0.312 e. The standard InChI is InChI=1S/C13H12N2O2/c14-8-10-4-5-12(11(7-10)9-16)15-6-2-1-3-13(15)17/h4-5,7,9H,1-3,6H2. The number of nitrogens with zero attached hydrogens (tertiary/aromatic N) is 2. The fraction of sp³-hybridized carbons (Fsp3) is 0.308. The molecule has 4 nitrogen and oxygen atoms in total. The highest BCUT2D eigenvalue weighted by Crippen LogP contribution is 2.24. The van der Waals surface area contributed by atoms with Gasteiger partial charge in [0.1, 0.15) is 0 Å². The van der Waals surface area contributed by atoms with E-state index in [0.717, 1.165) is 12.8 Å². The van der Waals surface area contributed by atoms with Crippen LogP contribution in [0.1, 0.15) is 35.2 Å². The van der Waals surface area contributed by atoms with Crippen LogP contribution in [-0.4, -0.2) is 18.7 Å². The number of anilines is 1. The second-order valence-electron chi connectivity index (χ2n) is 4.01. The first-order valence-corrected chi connectivity index (χ1v) is 5.56. The third kappa shape index (κ3) is 2.18. The molecule has 1 aliphatic rings. The maximum Gasteiger partial charge on any atom is 0.226 e.